The van der Waals surface area contributed by atoms with E-state index in [0.717, 1.165) is 4.47 Å². The smallest absolute Gasteiger partial charge is 0.129 e. The molecular formula is C10H13BrFN. The molecule has 2 N–H and O–H groups in total. The molecule has 0 radical (unpaired) electrons. The second-order valence-corrected chi connectivity index (χ2v) is 4.29. The van der Waals surface area contributed by atoms with Crippen molar-refractivity contribution in [2.45, 2.75) is 26.3 Å². The fourth-order valence-electron chi connectivity index (χ4n) is 1.29. The Labute approximate surface area is 86.3 Å². The number of benzene rings is 1. The summed E-state index contributed by atoms with van der Waals surface area (Å²) in [6.45, 7) is 3.63. The average Bonchev–Trinajstić information content (AvgIpc) is 1.98. The van der Waals surface area contributed by atoms with E-state index in [1.54, 1.807) is 19.1 Å². The largest absolute Gasteiger partial charge is 0.328 e. The van der Waals surface area contributed by atoms with Crippen LogP contribution in [-0.2, 0) is 6.42 Å². The maximum Gasteiger partial charge on any atom is 0.129 e. The van der Waals surface area contributed by atoms with Gasteiger partial charge in [0.15, 0.2) is 0 Å². The fraction of sp³-hybridized carbons (Fsp3) is 0.400. The van der Waals surface area contributed by atoms with E-state index in [1.165, 1.54) is 0 Å². The van der Waals surface area contributed by atoms with Gasteiger partial charge in [-0.15, -0.1) is 0 Å². The molecule has 0 aliphatic rings. The van der Waals surface area contributed by atoms with Gasteiger partial charge in [0.2, 0.25) is 0 Å². The van der Waals surface area contributed by atoms with Gasteiger partial charge >= 0.3 is 0 Å². The van der Waals surface area contributed by atoms with Crippen molar-refractivity contribution in [3.63, 3.8) is 0 Å². The Morgan fingerprint density at radius 2 is 2.15 bits per heavy atom. The van der Waals surface area contributed by atoms with Crippen molar-refractivity contribution in [3.05, 3.63) is 33.5 Å². The summed E-state index contributed by atoms with van der Waals surface area (Å²) in [5, 5.41) is 0. The molecule has 1 aromatic carbocycles. The van der Waals surface area contributed by atoms with Gasteiger partial charge in [0.1, 0.15) is 5.82 Å². The zero-order chi connectivity index (χ0) is 10.0. The molecule has 0 amide bonds. The summed E-state index contributed by atoms with van der Waals surface area (Å²) in [7, 11) is 0. The van der Waals surface area contributed by atoms with Crippen LogP contribution in [0.3, 0.4) is 0 Å². The van der Waals surface area contributed by atoms with E-state index in [0.29, 0.717) is 17.5 Å². The standard InChI is InChI=1S/C10H13BrFN/c1-6-3-9(11)5-8(10(6)12)4-7(2)13/h3,5,7H,4,13H2,1-2H3. The van der Waals surface area contributed by atoms with Crippen LogP contribution in [0.15, 0.2) is 16.6 Å². The van der Waals surface area contributed by atoms with Crippen LogP contribution in [0.5, 0.6) is 0 Å². The quantitative estimate of drug-likeness (QED) is 0.853. The first-order chi connectivity index (χ1) is 6.00. The van der Waals surface area contributed by atoms with Crippen LogP contribution in [0.2, 0.25) is 0 Å². The molecule has 0 aliphatic carbocycles. The molecule has 1 aromatic rings. The molecule has 13 heavy (non-hydrogen) atoms. The monoisotopic (exact) mass is 245 g/mol. The Balaban J connectivity index is 3.05. The third-order valence-electron chi connectivity index (χ3n) is 1.84. The van der Waals surface area contributed by atoms with Crippen molar-refractivity contribution in [3.8, 4) is 0 Å². The molecule has 0 spiro atoms. The van der Waals surface area contributed by atoms with E-state index in [9.17, 15) is 4.39 Å². The minimum absolute atomic E-state index is 0.0109. The SMILES string of the molecule is Cc1cc(Br)cc(CC(C)N)c1F. The molecule has 1 unspecified atom stereocenters. The zero-order valence-electron chi connectivity index (χ0n) is 7.77. The molecule has 0 saturated carbocycles. The van der Waals surface area contributed by atoms with Gasteiger partial charge in [-0.25, -0.2) is 4.39 Å². The van der Waals surface area contributed by atoms with Crippen LogP contribution in [0.1, 0.15) is 18.1 Å². The lowest BCUT2D eigenvalue weighted by molar-refractivity contribution is 0.587. The maximum absolute atomic E-state index is 13.5. The normalized spacial score (nSPS) is 13.0. The van der Waals surface area contributed by atoms with Crippen LogP contribution in [-0.4, -0.2) is 6.04 Å². The summed E-state index contributed by atoms with van der Waals surface area (Å²) >= 11 is 3.33. The first-order valence-electron chi connectivity index (χ1n) is 4.21. The minimum Gasteiger partial charge on any atom is -0.328 e. The van der Waals surface area contributed by atoms with Gasteiger partial charge in [-0.2, -0.15) is 0 Å². The van der Waals surface area contributed by atoms with Crippen LogP contribution < -0.4 is 5.73 Å². The summed E-state index contributed by atoms with van der Waals surface area (Å²) in [6, 6.07) is 3.54. The van der Waals surface area contributed by atoms with E-state index in [4.69, 9.17) is 5.73 Å². The molecule has 0 fully saturated rings. The second-order valence-electron chi connectivity index (χ2n) is 3.38. The zero-order valence-corrected chi connectivity index (χ0v) is 9.36. The van der Waals surface area contributed by atoms with Crippen LogP contribution in [0, 0.1) is 12.7 Å². The summed E-state index contributed by atoms with van der Waals surface area (Å²) in [5.74, 6) is -0.138. The summed E-state index contributed by atoms with van der Waals surface area (Å²) in [4.78, 5) is 0. The first-order valence-corrected chi connectivity index (χ1v) is 5.00. The highest BCUT2D eigenvalue weighted by Crippen LogP contribution is 2.20. The fourth-order valence-corrected chi connectivity index (χ4v) is 1.91. The number of halogens is 2. The van der Waals surface area contributed by atoms with Crippen LogP contribution >= 0.6 is 15.9 Å². The molecule has 0 saturated heterocycles. The summed E-state index contributed by atoms with van der Waals surface area (Å²) in [5.41, 5.74) is 6.95. The van der Waals surface area contributed by atoms with Gasteiger partial charge in [0.25, 0.3) is 0 Å². The van der Waals surface area contributed by atoms with E-state index in [-0.39, 0.29) is 11.9 Å². The number of nitrogens with two attached hydrogens (primary N) is 1. The molecule has 0 heterocycles. The second kappa shape index (κ2) is 4.20. The van der Waals surface area contributed by atoms with Crippen molar-refractivity contribution in [2.75, 3.05) is 0 Å². The van der Waals surface area contributed by atoms with Crippen molar-refractivity contribution in [2.24, 2.45) is 5.73 Å². The van der Waals surface area contributed by atoms with Crippen molar-refractivity contribution in [1.82, 2.24) is 0 Å². The summed E-state index contributed by atoms with van der Waals surface area (Å²) in [6.07, 6.45) is 0.576. The molecule has 1 nitrogen and oxygen atoms in total. The Morgan fingerprint density at radius 3 is 2.69 bits per heavy atom. The minimum atomic E-state index is -0.138. The lowest BCUT2D eigenvalue weighted by Gasteiger charge is -2.08. The average molecular weight is 246 g/mol. The Kier molecular flexibility index (Phi) is 3.45. The molecule has 0 aromatic heterocycles. The Bertz CT molecular complexity index is 310. The number of aryl methyl sites for hydroxylation is 1. The van der Waals surface area contributed by atoms with Gasteiger partial charge < -0.3 is 5.73 Å². The van der Waals surface area contributed by atoms with Gasteiger partial charge in [0.05, 0.1) is 0 Å². The van der Waals surface area contributed by atoms with Crippen LogP contribution in [0.25, 0.3) is 0 Å². The molecule has 1 atom stereocenters. The third-order valence-corrected chi connectivity index (χ3v) is 2.29. The number of hydrogen-bond donors (Lipinski definition) is 1. The highest BCUT2D eigenvalue weighted by molar-refractivity contribution is 9.10. The van der Waals surface area contributed by atoms with Crippen molar-refractivity contribution >= 4 is 15.9 Å². The topological polar surface area (TPSA) is 26.0 Å². The molecule has 3 heteroatoms. The molecule has 0 aliphatic heterocycles. The van der Waals surface area contributed by atoms with Crippen LogP contribution in [0.4, 0.5) is 4.39 Å². The Hall–Kier alpha value is -0.410. The lowest BCUT2D eigenvalue weighted by Crippen LogP contribution is -2.18. The first kappa shape index (κ1) is 10.7. The van der Waals surface area contributed by atoms with Gasteiger partial charge in [-0.05, 0) is 43.5 Å². The van der Waals surface area contributed by atoms with E-state index in [1.807, 2.05) is 6.92 Å². The highest BCUT2D eigenvalue weighted by atomic mass is 79.9. The van der Waals surface area contributed by atoms with E-state index < -0.39 is 0 Å². The Morgan fingerprint density at radius 1 is 1.54 bits per heavy atom. The van der Waals surface area contributed by atoms with Gasteiger partial charge in [-0.3, -0.25) is 0 Å². The van der Waals surface area contributed by atoms with Crippen molar-refractivity contribution in [1.29, 1.82) is 0 Å². The predicted molar refractivity (Wildman–Crippen MR) is 56.2 cm³/mol. The molecule has 1 rings (SSSR count). The molecule has 72 valence electrons. The number of rotatable bonds is 2. The predicted octanol–water partition coefficient (Wildman–Crippen LogP) is 2.79. The summed E-state index contributed by atoms with van der Waals surface area (Å²) < 4.78 is 14.4. The maximum atomic E-state index is 13.5. The van der Waals surface area contributed by atoms with Gasteiger partial charge in [-0.1, -0.05) is 15.9 Å². The highest BCUT2D eigenvalue weighted by Gasteiger charge is 2.08. The van der Waals surface area contributed by atoms with E-state index in [2.05, 4.69) is 15.9 Å². The van der Waals surface area contributed by atoms with E-state index >= 15 is 0 Å². The third kappa shape index (κ3) is 2.78. The molecular weight excluding hydrogens is 233 g/mol. The number of hydrogen-bond acceptors (Lipinski definition) is 1. The lowest BCUT2D eigenvalue weighted by atomic mass is 10.0. The molecule has 0 bridgehead atoms. The van der Waals surface area contributed by atoms with Crippen molar-refractivity contribution < 1.29 is 4.39 Å². The van der Waals surface area contributed by atoms with Gasteiger partial charge in [0, 0.05) is 10.5 Å².